The van der Waals surface area contributed by atoms with Crippen molar-refractivity contribution in [2.45, 2.75) is 11.8 Å². The van der Waals surface area contributed by atoms with E-state index in [4.69, 9.17) is 5.73 Å². The van der Waals surface area contributed by atoms with Crippen LogP contribution in [0.2, 0.25) is 0 Å². The lowest BCUT2D eigenvalue weighted by Crippen LogP contribution is -2.19. The summed E-state index contributed by atoms with van der Waals surface area (Å²) in [5.41, 5.74) is 5.47. The number of primary amides is 1. The van der Waals surface area contributed by atoms with Crippen LogP contribution in [0.25, 0.3) is 0 Å². The number of carbonyl (C=O) groups excluding carboxylic acids is 1. The zero-order valence-electron chi connectivity index (χ0n) is 7.70. The number of thiophene rings is 1. The van der Waals surface area contributed by atoms with E-state index in [9.17, 15) is 13.2 Å². The fraction of sp³-hybridized carbons (Fsp3) is 0.286. The second-order valence-electron chi connectivity index (χ2n) is 2.63. The van der Waals surface area contributed by atoms with Crippen molar-refractivity contribution >= 4 is 27.3 Å². The molecule has 0 radical (unpaired) electrons. The van der Waals surface area contributed by atoms with Crippen molar-refractivity contribution in [1.29, 1.82) is 0 Å². The monoisotopic (exact) mass is 234 g/mol. The van der Waals surface area contributed by atoms with Gasteiger partial charge in [-0.3, -0.25) is 4.79 Å². The van der Waals surface area contributed by atoms with Gasteiger partial charge in [0.1, 0.15) is 0 Å². The largest absolute Gasteiger partial charge is 0.365 e. The third-order valence-electron chi connectivity index (χ3n) is 1.78. The molecule has 1 heterocycles. The molecule has 0 aliphatic carbocycles. The SMILES string of the molecule is CNS(=O)(=O)c1csc(C(N)=O)c1C. The van der Waals surface area contributed by atoms with Gasteiger partial charge in [0.25, 0.3) is 5.91 Å². The number of nitrogens with two attached hydrogens (primary N) is 1. The molecule has 1 aromatic rings. The summed E-state index contributed by atoms with van der Waals surface area (Å²) in [4.78, 5) is 11.3. The summed E-state index contributed by atoms with van der Waals surface area (Å²) >= 11 is 1.03. The smallest absolute Gasteiger partial charge is 0.259 e. The molecule has 1 aromatic heterocycles. The van der Waals surface area contributed by atoms with Crippen LogP contribution < -0.4 is 10.5 Å². The maximum atomic E-state index is 11.4. The van der Waals surface area contributed by atoms with Crippen LogP contribution >= 0.6 is 11.3 Å². The van der Waals surface area contributed by atoms with E-state index >= 15 is 0 Å². The first-order chi connectivity index (χ1) is 6.40. The molecular weight excluding hydrogens is 224 g/mol. The lowest BCUT2D eigenvalue weighted by Gasteiger charge is -2.00. The number of rotatable bonds is 3. The first-order valence-corrected chi connectivity index (χ1v) is 6.08. The zero-order chi connectivity index (χ0) is 10.9. The van der Waals surface area contributed by atoms with Gasteiger partial charge in [-0.15, -0.1) is 11.3 Å². The molecule has 1 amide bonds. The minimum absolute atomic E-state index is 0.110. The lowest BCUT2D eigenvalue weighted by molar-refractivity contribution is 0.100. The Hall–Kier alpha value is -0.920. The van der Waals surface area contributed by atoms with Gasteiger partial charge >= 0.3 is 0 Å². The highest BCUT2D eigenvalue weighted by atomic mass is 32.2. The van der Waals surface area contributed by atoms with Crippen molar-refractivity contribution in [3.05, 3.63) is 15.8 Å². The summed E-state index contributed by atoms with van der Waals surface area (Å²) in [5, 5.41) is 1.40. The molecule has 0 saturated heterocycles. The van der Waals surface area contributed by atoms with E-state index in [1.165, 1.54) is 12.4 Å². The van der Waals surface area contributed by atoms with E-state index in [-0.39, 0.29) is 9.77 Å². The number of carbonyl (C=O) groups is 1. The van der Waals surface area contributed by atoms with Crippen molar-refractivity contribution < 1.29 is 13.2 Å². The van der Waals surface area contributed by atoms with Crippen LogP contribution in [0, 0.1) is 6.92 Å². The molecule has 0 saturated carbocycles. The Bertz CT molecular complexity index is 461. The van der Waals surface area contributed by atoms with E-state index in [2.05, 4.69) is 4.72 Å². The maximum Gasteiger partial charge on any atom is 0.259 e. The van der Waals surface area contributed by atoms with Gasteiger partial charge in [-0.2, -0.15) is 0 Å². The van der Waals surface area contributed by atoms with Crippen molar-refractivity contribution in [2.75, 3.05) is 7.05 Å². The Morgan fingerprint density at radius 3 is 2.50 bits per heavy atom. The molecule has 0 aliphatic heterocycles. The van der Waals surface area contributed by atoms with Crippen LogP contribution in [0.5, 0.6) is 0 Å². The minimum Gasteiger partial charge on any atom is -0.365 e. The molecule has 1 rings (SSSR count). The quantitative estimate of drug-likeness (QED) is 0.775. The van der Waals surface area contributed by atoms with E-state index in [1.807, 2.05) is 0 Å². The van der Waals surface area contributed by atoms with Crippen LogP contribution in [0.4, 0.5) is 0 Å². The van der Waals surface area contributed by atoms with Crippen molar-refractivity contribution in [3.63, 3.8) is 0 Å². The summed E-state index contributed by atoms with van der Waals surface area (Å²) in [6.07, 6.45) is 0. The Morgan fingerprint density at radius 2 is 2.14 bits per heavy atom. The van der Waals surface area contributed by atoms with Crippen LogP contribution in [-0.2, 0) is 10.0 Å². The molecule has 14 heavy (non-hydrogen) atoms. The van der Waals surface area contributed by atoms with E-state index in [0.29, 0.717) is 5.56 Å². The molecule has 0 fully saturated rings. The minimum atomic E-state index is -3.49. The highest BCUT2D eigenvalue weighted by Crippen LogP contribution is 2.24. The van der Waals surface area contributed by atoms with Gasteiger partial charge in [0.15, 0.2) is 0 Å². The van der Waals surface area contributed by atoms with Gasteiger partial charge in [-0.1, -0.05) is 0 Å². The van der Waals surface area contributed by atoms with Crippen LogP contribution in [0.15, 0.2) is 10.3 Å². The number of nitrogens with one attached hydrogen (secondary N) is 1. The molecule has 7 heteroatoms. The van der Waals surface area contributed by atoms with Gasteiger partial charge in [0, 0.05) is 5.38 Å². The molecule has 78 valence electrons. The molecule has 0 aromatic carbocycles. The summed E-state index contributed by atoms with van der Waals surface area (Å²) in [7, 11) is -2.17. The second kappa shape index (κ2) is 3.68. The van der Waals surface area contributed by atoms with Gasteiger partial charge in [-0.25, -0.2) is 13.1 Å². The standard InChI is InChI=1S/C7H10N2O3S2/c1-4-5(14(11,12)9-2)3-13-6(4)7(8)10/h3,9H,1-2H3,(H2,8,10). The predicted octanol–water partition coefficient (Wildman–Crippen LogP) is 0.0635. The van der Waals surface area contributed by atoms with Crippen LogP contribution in [0.1, 0.15) is 15.2 Å². The van der Waals surface area contributed by atoms with Crippen LogP contribution in [0.3, 0.4) is 0 Å². The van der Waals surface area contributed by atoms with Crippen molar-refractivity contribution in [3.8, 4) is 0 Å². The lowest BCUT2D eigenvalue weighted by atomic mass is 10.3. The summed E-state index contributed by atoms with van der Waals surface area (Å²) in [5.74, 6) is -0.606. The summed E-state index contributed by atoms with van der Waals surface area (Å²) < 4.78 is 25.0. The number of amides is 1. The van der Waals surface area contributed by atoms with Crippen molar-refractivity contribution in [1.82, 2.24) is 4.72 Å². The normalized spacial score (nSPS) is 11.6. The predicted molar refractivity (Wildman–Crippen MR) is 53.8 cm³/mol. The number of hydrogen-bond acceptors (Lipinski definition) is 4. The molecule has 0 aliphatic rings. The summed E-state index contributed by atoms with van der Waals surface area (Å²) in [6.45, 7) is 1.56. The highest BCUT2D eigenvalue weighted by molar-refractivity contribution is 7.89. The Balaban J connectivity index is 3.34. The molecule has 5 nitrogen and oxygen atoms in total. The topological polar surface area (TPSA) is 89.3 Å². The molecule has 3 N–H and O–H groups in total. The average Bonchev–Trinajstić information content (AvgIpc) is 2.47. The summed E-state index contributed by atoms with van der Waals surface area (Å²) in [6, 6.07) is 0. The Labute approximate surface area is 86.0 Å². The first-order valence-electron chi connectivity index (χ1n) is 3.71. The van der Waals surface area contributed by atoms with E-state index in [1.54, 1.807) is 6.92 Å². The highest BCUT2D eigenvalue weighted by Gasteiger charge is 2.20. The van der Waals surface area contributed by atoms with Crippen LogP contribution in [-0.4, -0.2) is 21.4 Å². The van der Waals surface area contributed by atoms with Gasteiger partial charge in [-0.05, 0) is 19.5 Å². The third kappa shape index (κ3) is 1.79. The Kier molecular flexibility index (Phi) is 2.93. The number of hydrogen-bond donors (Lipinski definition) is 2. The third-order valence-corrected chi connectivity index (χ3v) is 4.56. The fourth-order valence-corrected chi connectivity index (χ4v) is 3.26. The second-order valence-corrected chi connectivity index (χ2v) is 5.36. The molecule has 0 atom stereocenters. The fourth-order valence-electron chi connectivity index (χ4n) is 1.02. The molecule has 0 unspecified atom stereocenters. The van der Waals surface area contributed by atoms with Gasteiger partial charge < -0.3 is 5.73 Å². The molecular formula is C7H10N2O3S2. The molecule has 0 bridgehead atoms. The van der Waals surface area contributed by atoms with E-state index < -0.39 is 15.9 Å². The first kappa shape index (κ1) is 11.2. The van der Waals surface area contributed by atoms with Gasteiger partial charge in [0.05, 0.1) is 9.77 Å². The maximum absolute atomic E-state index is 11.4. The average molecular weight is 234 g/mol. The Morgan fingerprint density at radius 1 is 1.57 bits per heavy atom. The van der Waals surface area contributed by atoms with Crippen molar-refractivity contribution in [2.24, 2.45) is 5.73 Å². The molecule has 0 spiro atoms. The number of sulfonamides is 1. The zero-order valence-corrected chi connectivity index (χ0v) is 9.33. The van der Waals surface area contributed by atoms with E-state index in [0.717, 1.165) is 11.3 Å². The van der Waals surface area contributed by atoms with Gasteiger partial charge in [0.2, 0.25) is 10.0 Å².